The minimum absolute atomic E-state index is 0.151. The van der Waals surface area contributed by atoms with Crippen LogP contribution >= 0.6 is 11.3 Å². The third-order valence-corrected chi connectivity index (χ3v) is 5.99. The molecular formula is C26H16N4O3S. The van der Waals surface area contributed by atoms with E-state index >= 15 is 0 Å². The minimum Gasteiger partial charge on any atom is -0.457 e. The molecule has 0 saturated carbocycles. The van der Waals surface area contributed by atoms with Crippen molar-refractivity contribution >= 4 is 27.7 Å². The Hall–Kier alpha value is -4.61. The molecule has 5 rings (SSSR count). The van der Waals surface area contributed by atoms with Crippen LogP contribution in [0.5, 0.6) is 11.5 Å². The van der Waals surface area contributed by atoms with Crippen LogP contribution in [0.15, 0.2) is 85.3 Å². The summed E-state index contributed by atoms with van der Waals surface area (Å²) < 4.78 is 11.4. The van der Waals surface area contributed by atoms with Gasteiger partial charge in [-0.25, -0.2) is 19.7 Å². The number of rotatable bonds is 6. The zero-order chi connectivity index (χ0) is 23.3. The number of benzene rings is 3. The first-order valence-electron chi connectivity index (χ1n) is 10.3. The molecule has 0 atom stereocenters. The van der Waals surface area contributed by atoms with Crippen molar-refractivity contribution in [2.75, 3.05) is 0 Å². The van der Waals surface area contributed by atoms with Gasteiger partial charge in [0.05, 0.1) is 11.8 Å². The number of thiazole rings is 1. The average molecular weight is 465 g/mol. The van der Waals surface area contributed by atoms with Crippen LogP contribution in [0.4, 0.5) is 0 Å². The van der Waals surface area contributed by atoms with E-state index in [2.05, 4.69) is 21.0 Å². The van der Waals surface area contributed by atoms with E-state index in [9.17, 15) is 10.1 Å². The maximum absolute atomic E-state index is 12.7. The molecule has 0 fully saturated rings. The Kier molecular flexibility index (Phi) is 5.93. The van der Waals surface area contributed by atoms with E-state index in [1.165, 1.54) is 17.7 Å². The minimum atomic E-state index is -0.509. The highest BCUT2D eigenvalue weighted by atomic mass is 32.1. The molecule has 164 valence electrons. The number of para-hydroxylation sites is 1. The number of nitriles is 1. The topological polar surface area (TPSA) is 98.0 Å². The molecule has 2 heterocycles. The number of esters is 1. The molecule has 5 aromatic rings. The zero-order valence-electron chi connectivity index (χ0n) is 17.7. The second-order valence-corrected chi connectivity index (χ2v) is 8.19. The van der Waals surface area contributed by atoms with Gasteiger partial charge < -0.3 is 9.47 Å². The van der Waals surface area contributed by atoms with E-state index in [0.29, 0.717) is 22.6 Å². The van der Waals surface area contributed by atoms with E-state index in [0.717, 1.165) is 21.0 Å². The second kappa shape index (κ2) is 9.48. The van der Waals surface area contributed by atoms with Gasteiger partial charge in [-0.2, -0.15) is 5.26 Å². The molecule has 0 spiro atoms. The fourth-order valence-electron chi connectivity index (χ4n) is 3.30. The summed E-state index contributed by atoms with van der Waals surface area (Å²) in [7, 11) is 0. The summed E-state index contributed by atoms with van der Waals surface area (Å²) in [6.45, 7) is 0.151. The van der Waals surface area contributed by atoms with Crippen LogP contribution in [0.2, 0.25) is 0 Å². The third kappa shape index (κ3) is 4.46. The number of aromatic nitrogens is 3. The van der Waals surface area contributed by atoms with Crippen molar-refractivity contribution in [3.05, 3.63) is 102 Å². The van der Waals surface area contributed by atoms with E-state index in [4.69, 9.17) is 9.47 Å². The number of ether oxygens (including phenoxy) is 2. The highest BCUT2D eigenvalue weighted by Gasteiger charge is 2.17. The van der Waals surface area contributed by atoms with Gasteiger partial charge in [0.2, 0.25) is 0 Å². The number of carbonyl (C=O) groups excluding carboxylic acids is 1. The quantitative estimate of drug-likeness (QED) is 0.294. The van der Waals surface area contributed by atoms with Crippen molar-refractivity contribution in [1.29, 1.82) is 5.26 Å². The lowest BCUT2D eigenvalue weighted by atomic mass is 10.1. The van der Waals surface area contributed by atoms with Gasteiger partial charge in [0, 0.05) is 5.56 Å². The van der Waals surface area contributed by atoms with E-state index < -0.39 is 5.97 Å². The molecule has 0 aliphatic heterocycles. The Morgan fingerprint density at radius 1 is 1.00 bits per heavy atom. The lowest BCUT2D eigenvalue weighted by Crippen LogP contribution is -2.07. The van der Waals surface area contributed by atoms with Crippen molar-refractivity contribution in [2.24, 2.45) is 0 Å². The standard InChI is InChI=1S/C26H16N4O3S/c27-13-19-12-18(24-30-21-14-28-16-29-25(21)34-24)10-11-22(19)33-23-9-5-4-8-20(23)26(31)32-15-17-6-2-1-3-7-17/h1-12,14,16H,15H2. The summed E-state index contributed by atoms with van der Waals surface area (Å²) in [5.41, 5.74) is 2.94. The van der Waals surface area contributed by atoms with E-state index in [-0.39, 0.29) is 12.2 Å². The number of nitrogens with zero attached hydrogens (tertiary/aromatic N) is 4. The highest BCUT2D eigenvalue weighted by Crippen LogP contribution is 2.34. The van der Waals surface area contributed by atoms with Gasteiger partial charge in [-0.1, -0.05) is 53.8 Å². The first kappa shape index (κ1) is 21.2. The fraction of sp³-hybridized carbons (Fsp3) is 0.0385. The summed E-state index contributed by atoms with van der Waals surface area (Å²) >= 11 is 1.42. The van der Waals surface area contributed by atoms with Crippen LogP contribution in [0, 0.1) is 11.3 Å². The van der Waals surface area contributed by atoms with Gasteiger partial charge in [-0.05, 0) is 35.9 Å². The Morgan fingerprint density at radius 2 is 1.82 bits per heavy atom. The predicted octanol–water partition coefficient (Wildman–Crippen LogP) is 5.77. The molecule has 0 N–H and O–H groups in total. The van der Waals surface area contributed by atoms with Crippen LogP contribution in [0.25, 0.3) is 20.9 Å². The fourth-order valence-corrected chi connectivity index (χ4v) is 4.17. The predicted molar refractivity (Wildman–Crippen MR) is 127 cm³/mol. The summed E-state index contributed by atoms with van der Waals surface area (Å²) in [5, 5.41) is 10.5. The molecule has 0 radical (unpaired) electrons. The molecule has 3 aromatic carbocycles. The zero-order valence-corrected chi connectivity index (χ0v) is 18.5. The van der Waals surface area contributed by atoms with Gasteiger partial charge in [-0.3, -0.25) is 0 Å². The van der Waals surface area contributed by atoms with Gasteiger partial charge in [0.25, 0.3) is 0 Å². The van der Waals surface area contributed by atoms with Crippen molar-refractivity contribution in [3.8, 4) is 28.1 Å². The number of carbonyl (C=O) groups is 1. The highest BCUT2D eigenvalue weighted by molar-refractivity contribution is 7.21. The largest absolute Gasteiger partial charge is 0.457 e. The van der Waals surface area contributed by atoms with Crippen molar-refractivity contribution in [3.63, 3.8) is 0 Å². The Bertz CT molecular complexity index is 1490. The van der Waals surface area contributed by atoms with Crippen LogP contribution in [-0.4, -0.2) is 20.9 Å². The number of fused-ring (bicyclic) bond motifs is 1. The molecule has 7 nitrogen and oxygen atoms in total. The molecule has 2 aromatic heterocycles. The Labute approximate surface area is 198 Å². The first-order valence-corrected chi connectivity index (χ1v) is 11.1. The van der Waals surface area contributed by atoms with Gasteiger partial charge in [0.1, 0.15) is 51.4 Å². The molecule has 0 saturated heterocycles. The van der Waals surface area contributed by atoms with E-state index in [1.54, 1.807) is 42.6 Å². The third-order valence-electron chi connectivity index (χ3n) is 4.96. The molecule has 0 aliphatic rings. The lowest BCUT2D eigenvalue weighted by molar-refractivity contribution is 0.0470. The molecule has 0 aliphatic carbocycles. The maximum Gasteiger partial charge on any atom is 0.342 e. The van der Waals surface area contributed by atoms with Gasteiger partial charge in [-0.15, -0.1) is 0 Å². The number of hydrogen-bond donors (Lipinski definition) is 0. The molecular weight excluding hydrogens is 448 g/mol. The smallest absolute Gasteiger partial charge is 0.342 e. The summed E-state index contributed by atoms with van der Waals surface area (Å²) in [6.07, 6.45) is 3.13. The van der Waals surface area contributed by atoms with Crippen LogP contribution in [0.1, 0.15) is 21.5 Å². The summed E-state index contributed by atoms with van der Waals surface area (Å²) in [4.78, 5) is 26.2. The van der Waals surface area contributed by atoms with Gasteiger partial charge >= 0.3 is 5.97 Å². The average Bonchev–Trinajstić information content (AvgIpc) is 3.33. The van der Waals surface area contributed by atoms with Crippen LogP contribution in [0.3, 0.4) is 0 Å². The first-order chi connectivity index (χ1) is 16.7. The normalized spacial score (nSPS) is 10.6. The van der Waals surface area contributed by atoms with E-state index in [1.807, 2.05) is 36.4 Å². The van der Waals surface area contributed by atoms with Crippen LogP contribution < -0.4 is 4.74 Å². The van der Waals surface area contributed by atoms with Crippen molar-refractivity contribution in [2.45, 2.75) is 6.61 Å². The molecule has 34 heavy (non-hydrogen) atoms. The van der Waals surface area contributed by atoms with Crippen molar-refractivity contribution in [1.82, 2.24) is 15.0 Å². The SMILES string of the molecule is N#Cc1cc(-c2nc3cncnc3s2)ccc1Oc1ccccc1C(=O)OCc1ccccc1. The second-order valence-electron chi connectivity index (χ2n) is 7.21. The monoisotopic (exact) mass is 464 g/mol. The van der Waals surface area contributed by atoms with Crippen molar-refractivity contribution < 1.29 is 14.3 Å². The number of hydrogen-bond acceptors (Lipinski definition) is 8. The lowest BCUT2D eigenvalue weighted by Gasteiger charge is -2.12. The van der Waals surface area contributed by atoms with Gasteiger partial charge in [0.15, 0.2) is 0 Å². The maximum atomic E-state index is 12.7. The Balaban J connectivity index is 1.39. The Morgan fingerprint density at radius 3 is 2.65 bits per heavy atom. The molecule has 0 amide bonds. The van der Waals surface area contributed by atoms with Crippen LogP contribution in [-0.2, 0) is 11.3 Å². The molecule has 0 unspecified atom stereocenters. The summed E-state index contributed by atoms with van der Waals surface area (Å²) in [6, 6.07) is 23.6. The molecule has 0 bridgehead atoms. The summed E-state index contributed by atoms with van der Waals surface area (Å²) in [5.74, 6) is 0.126. The molecule has 8 heteroatoms.